The summed E-state index contributed by atoms with van der Waals surface area (Å²) in [6, 6.07) is 2.87. The highest BCUT2D eigenvalue weighted by atomic mass is 19.4. The Balaban J connectivity index is 2.32. The van der Waals surface area contributed by atoms with Gasteiger partial charge < -0.3 is 19.9 Å². The van der Waals surface area contributed by atoms with Gasteiger partial charge in [-0.1, -0.05) is 6.08 Å². The zero-order valence-corrected chi connectivity index (χ0v) is 13.4. The standard InChI is InChI=1S/C16H20F3N3O2/c1-3-6-21(2)15(23)20-13-11-12(16(17,18)19)4-5-14(13)22-7-9-24-10-8-22/h3-5,11H,1,6-10H2,2H3,(H,20,23). The number of urea groups is 1. The van der Waals surface area contributed by atoms with Gasteiger partial charge in [-0.25, -0.2) is 4.79 Å². The number of likely N-dealkylation sites (N-methyl/N-ethyl adjacent to an activating group) is 1. The highest BCUT2D eigenvalue weighted by Crippen LogP contribution is 2.35. The molecule has 0 aliphatic carbocycles. The first-order valence-corrected chi connectivity index (χ1v) is 7.50. The minimum atomic E-state index is -4.48. The molecule has 1 heterocycles. The third kappa shape index (κ3) is 4.41. The first-order valence-electron chi connectivity index (χ1n) is 7.50. The van der Waals surface area contributed by atoms with Crippen molar-refractivity contribution in [1.82, 2.24) is 4.90 Å². The second-order valence-electron chi connectivity index (χ2n) is 5.43. The number of halogens is 3. The summed E-state index contributed by atoms with van der Waals surface area (Å²) in [5, 5.41) is 2.56. The van der Waals surface area contributed by atoms with Gasteiger partial charge in [-0.3, -0.25) is 0 Å². The molecule has 1 aliphatic heterocycles. The van der Waals surface area contributed by atoms with Crippen molar-refractivity contribution >= 4 is 17.4 Å². The van der Waals surface area contributed by atoms with E-state index in [1.54, 1.807) is 7.05 Å². The number of hydrogen-bond donors (Lipinski definition) is 1. The molecule has 0 atom stereocenters. The van der Waals surface area contributed by atoms with Crippen LogP contribution in [0.25, 0.3) is 0 Å². The average molecular weight is 343 g/mol. The Bertz CT molecular complexity index is 599. The van der Waals surface area contributed by atoms with Gasteiger partial charge in [0.05, 0.1) is 30.2 Å². The molecule has 0 bridgehead atoms. The number of carbonyl (C=O) groups excluding carboxylic acids is 1. The van der Waals surface area contributed by atoms with Crippen LogP contribution in [0.4, 0.5) is 29.3 Å². The maximum atomic E-state index is 13.0. The second-order valence-corrected chi connectivity index (χ2v) is 5.43. The number of nitrogens with zero attached hydrogens (tertiary/aromatic N) is 2. The summed E-state index contributed by atoms with van der Waals surface area (Å²) in [5.41, 5.74) is -0.125. The molecule has 1 aliphatic rings. The van der Waals surface area contributed by atoms with E-state index in [0.717, 1.165) is 12.1 Å². The number of hydrogen-bond acceptors (Lipinski definition) is 3. The maximum Gasteiger partial charge on any atom is 0.416 e. The van der Waals surface area contributed by atoms with Crippen LogP contribution in [0, 0.1) is 0 Å². The van der Waals surface area contributed by atoms with E-state index in [1.807, 2.05) is 4.90 Å². The van der Waals surface area contributed by atoms with Gasteiger partial charge in [0, 0.05) is 26.7 Å². The van der Waals surface area contributed by atoms with Crippen LogP contribution in [0.2, 0.25) is 0 Å². The highest BCUT2D eigenvalue weighted by molar-refractivity contribution is 5.93. The molecule has 1 aromatic carbocycles. The predicted octanol–water partition coefficient (Wildman–Crippen LogP) is 3.19. The lowest BCUT2D eigenvalue weighted by Gasteiger charge is -2.31. The van der Waals surface area contributed by atoms with E-state index in [0.29, 0.717) is 32.0 Å². The Morgan fingerprint density at radius 2 is 2.08 bits per heavy atom. The monoisotopic (exact) mass is 343 g/mol. The second kappa shape index (κ2) is 7.57. The summed E-state index contributed by atoms with van der Waals surface area (Å²) >= 11 is 0. The van der Waals surface area contributed by atoms with Gasteiger partial charge in [0.1, 0.15) is 0 Å². The molecule has 0 radical (unpaired) electrons. The fourth-order valence-corrected chi connectivity index (χ4v) is 2.38. The van der Waals surface area contributed by atoms with Gasteiger partial charge in [-0.2, -0.15) is 13.2 Å². The summed E-state index contributed by atoms with van der Waals surface area (Å²) < 4.78 is 44.2. The van der Waals surface area contributed by atoms with E-state index in [9.17, 15) is 18.0 Å². The van der Waals surface area contributed by atoms with Crippen LogP contribution >= 0.6 is 0 Å². The Kier molecular flexibility index (Phi) is 5.71. The van der Waals surface area contributed by atoms with E-state index in [4.69, 9.17) is 4.74 Å². The summed E-state index contributed by atoms with van der Waals surface area (Å²) in [6.45, 7) is 5.91. The van der Waals surface area contributed by atoms with E-state index in [2.05, 4.69) is 11.9 Å². The first-order chi connectivity index (χ1) is 11.3. The van der Waals surface area contributed by atoms with Crippen molar-refractivity contribution < 1.29 is 22.7 Å². The Labute approximate surface area is 138 Å². The van der Waals surface area contributed by atoms with E-state index < -0.39 is 17.8 Å². The van der Waals surface area contributed by atoms with Gasteiger partial charge in [0.15, 0.2) is 0 Å². The Hall–Kier alpha value is -2.22. The van der Waals surface area contributed by atoms with E-state index in [-0.39, 0.29) is 12.2 Å². The Morgan fingerprint density at radius 1 is 1.42 bits per heavy atom. The van der Waals surface area contributed by atoms with Crippen molar-refractivity contribution in [2.45, 2.75) is 6.18 Å². The molecule has 0 unspecified atom stereocenters. The van der Waals surface area contributed by atoms with Crippen LogP contribution < -0.4 is 10.2 Å². The molecule has 5 nitrogen and oxygen atoms in total. The average Bonchev–Trinajstić information content (AvgIpc) is 2.55. The number of amides is 2. The summed E-state index contributed by atoms with van der Waals surface area (Å²) in [4.78, 5) is 15.4. The van der Waals surface area contributed by atoms with Gasteiger partial charge >= 0.3 is 12.2 Å². The summed E-state index contributed by atoms with van der Waals surface area (Å²) in [6.07, 6.45) is -2.94. The van der Waals surface area contributed by atoms with Gasteiger partial charge in [0.2, 0.25) is 0 Å². The van der Waals surface area contributed by atoms with Gasteiger partial charge in [0.25, 0.3) is 0 Å². The topological polar surface area (TPSA) is 44.8 Å². The Morgan fingerprint density at radius 3 is 2.67 bits per heavy atom. The number of alkyl halides is 3. The lowest BCUT2D eigenvalue weighted by molar-refractivity contribution is -0.137. The molecular weight excluding hydrogens is 323 g/mol. The number of benzene rings is 1. The summed E-state index contributed by atoms with van der Waals surface area (Å²) in [5.74, 6) is 0. The smallest absolute Gasteiger partial charge is 0.378 e. The fraction of sp³-hybridized carbons (Fsp3) is 0.438. The predicted molar refractivity (Wildman–Crippen MR) is 86.3 cm³/mol. The van der Waals surface area contributed by atoms with Crippen LogP contribution in [0.3, 0.4) is 0 Å². The van der Waals surface area contributed by atoms with Crippen molar-refractivity contribution in [3.63, 3.8) is 0 Å². The van der Waals surface area contributed by atoms with Crippen LogP contribution in [0.5, 0.6) is 0 Å². The van der Waals surface area contributed by atoms with E-state index >= 15 is 0 Å². The normalized spacial score (nSPS) is 15.1. The molecule has 1 fully saturated rings. The third-order valence-corrected chi connectivity index (χ3v) is 3.67. The van der Waals surface area contributed by atoms with Crippen molar-refractivity contribution in [1.29, 1.82) is 0 Å². The molecule has 0 spiro atoms. The summed E-state index contributed by atoms with van der Waals surface area (Å²) in [7, 11) is 1.54. The van der Waals surface area contributed by atoms with Gasteiger partial charge in [-0.15, -0.1) is 6.58 Å². The molecule has 132 valence electrons. The quantitative estimate of drug-likeness (QED) is 0.854. The van der Waals surface area contributed by atoms with Crippen molar-refractivity contribution in [3.05, 3.63) is 36.4 Å². The van der Waals surface area contributed by atoms with Crippen LogP contribution in [-0.4, -0.2) is 50.8 Å². The molecule has 8 heteroatoms. The molecule has 0 aromatic heterocycles. The number of ether oxygens (including phenoxy) is 1. The molecule has 1 saturated heterocycles. The number of nitrogens with one attached hydrogen (secondary N) is 1. The largest absolute Gasteiger partial charge is 0.416 e. The van der Waals surface area contributed by atoms with Crippen LogP contribution in [0.1, 0.15) is 5.56 Å². The molecule has 1 aromatic rings. The lowest BCUT2D eigenvalue weighted by atomic mass is 10.1. The van der Waals surface area contributed by atoms with Crippen LogP contribution in [0.15, 0.2) is 30.9 Å². The van der Waals surface area contributed by atoms with Crippen molar-refractivity contribution in [2.24, 2.45) is 0 Å². The number of anilines is 2. The molecule has 1 N–H and O–H groups in total. The zero-order chi connectivity index (χ0) is 17.7. The third-order valence-electron chi connectivity index (χ3n) is 3.67. The van der Waals surface area contributed by atoms with Crippen LogP contribution in [-0.2, 0) is 10.9 Å². The number of rotatable bonds is 4. The van der Waals surface area contributed by atoms with E-state index in [1.165, 1.54) is 17.0 Å². The molecule has 24 heavy (non-hydrogen) atoms. The molecule has 2 rings (SSSR count). The fourth-order valence-electron chi connectivity index (χ4n) is 2.38. The van der Waals surface area contributed by atoms with Crippen molar-refractivity contribution in [3.8, 4) is 0 Å². The minimum absolute atomic E-state index is 0.132. The first kappa shape index (κ1) is 18.1. The molecule has 2 amide bonds. The minimum Gasteiger partial charge on any atom is -0.378 e. The lowest BCUT2D eigenvalue weighted by Crippen LogP contribution is -2.37. The maximum absolute atomic E-state index is 13.0. The molecule has 0 saturated carbocycles. The zero-order valence-electron chi connectivity index (χ0n) is 13.4. The number of morpholine rings is 1. The van der Waals surface area contributed by atoms with Gasteiger partial charge in [-0.05, 0) is 18.2 Å². The van der Waals surface area contributed by atoms with Crippen molar-refractivity contribution in [2.75, 3.05) is 50.1 Å². The highest BCUT2D eigenvalue weighted by Gasteiger charge is 2.32. The SMILES string of the molecule is C=CCN(C)C(=O)Nc1cc(C(F)(F)F)ccc1N1CCOCC1. The molecular formula is C16H20F3N3O2. The number of carbonyl (C=O) groups is 1.